The Kier molecular flexibility index (Phi) is 4.52. The van der Waals surface area contributed by atoms with Crippen LogP contribution in [-0.4, -0.2) is 29.1 Å². The summed E-state index contributed by atoms with van der Waals surface area (Å²) in [4.78, 5) is 25.1. The Morgan fingerprint density at radius 1 is 1.32 bits per heavy atom. The van der Waals surface area contributed by atoms with Crippen LogP contribution in [-0.2, 0) is 4.79 Å². The lowest BCUT2D eigenvalue weighted by Crippen LogP contribution is -2.33. The third-order valence-corrected chi connectivity index (χ3v) is 3.96. The minimum absolute atomic E-state index is 0.214. The highest BCUT2D eigenvalue weighted by Crippen LogP contribution is 2.33. The fraction of sp³-hybridized carbons (Fsp3) is 0.167. The maximum absolute atomic E-state index is 12.0. The molecular weight excluding hydrogens is 307 g/mol. The molecular formula is C12H10Cl2N2O2S. The maximum atomic E-state index is 12.0. The summed E-state index contributed by atoms with van der Waals surface area (Å²) in [5, 5.41) is 0.659. The van der Waals surface area contributed by atoms with Crippen molar-refractivity contribution in [2.45, 2.75) is 0 Å². The van der Waals surface area contributed by atoms with Gasteiger partial charge in [0.2, 0.25) is 0 Å². The first kappa shape index (κ1) is 14.4. The van der Waals surface area contributed by atoms with Crippen LogP contribution in [0.25, 0.3) is 6.08 Å². The van der Waals surface area contributed by atoms with E-state index in [4.69, 9.17) is 28.9 Å². The van der Waals surface area contributed by atoms with Gasteiger partial charge < -0.3 is 5.73 Å². The fourth-order valence-electron chi connectivity index (χ4n) is 1.59. The summed E-state index contributed by atoms with van der Waals surface area (Å²) in [6.45, 7) is 0.453. The molecule has 1 heterocycles. The van der Waals surface area contributed by atoms with Gasteiger partial charge in [-0.05, 0) is 41.6 Å². The molecule has 1 aliphatic rings. The van der Waals surface area contributed by atoms with E-state index < -0.39 is 0 Å². The van der Waals surface area contributed by atoms with Crippen LogP contribution in [0.2, 0.25) is 10.0 Å². The molecule has 19 heavy (non-hydrogen) atoms. The Morgan fingerprint density at radius 3 is 2.74 bits per heavy atom. The summed E-state index contributed by atoms with van der Waals surface area (Å²) >= 11 is 12.8. The number of thioether (sulfide) groups is 1. The lowest BCUT2D eigenvalue weighted by atomic mass is 10.2. The number of carbonyl (C=O) groups is 2. The highest BCUT2D eigenvalue weighted by atomic mass is 35.5. The molecule has 0 saturated carbocycles. The first-order valence-corrected chi connectivity index (χ1v) is 7.00. The van der Waals surface area contributed by atoms with Gasteiger partial charge in [-0.15, -0.1) is 0 Å². The van der Waals surface area contributed by atoms with Gasteiger partial charge in [0.05, 0.1) is 4.91 Å². The van der Waals surface area contributed by atoms with Crippen LogP contribution in [0.4, 0.5) is 4.79 Å². The van der Waals surface area contributed by atoms with E-state index in [1.807, 2.05) is 0 Å². The molecule has 0 aliphatic carbocycles. The van der Waals surface area contributed by atoms with Gasteiger partial charge in [-0.3, -0.25) is 14.5 Å². The second-order valence-corrected chi connectivity index (χ2v) is 5.62. The van der Waals surface area contributed by atoms with Gasteiger partial charge >= 0.3 is 0 Å². The molecule has 0 atom stereocenters. The summed E-state index contributed by atoms with van der Waals surface area (Å²) in [7, 11) is 0. The van der Waals surface area contributed by atoms with Gasteiger partial charge in [-0.25, -0.2) is 0 Å². The molecule has 1 saturated heterocycles. The monoisotopic (exact) mass is 316 g/mol. The number of rotatable bonds is 3. The Morgan fingerprint density at radius 2 is 2.05 bits per heavy atom. The molecule has 7 heteroatoms. The normalized spacial score (nSPS) is 17.6. The van der Waals surface area contributed by atoms with Gasteiger partial charge in [0.1, 0.15) is 0 Å². The van der Waals surface area contributed by atoms with Crippen LogP contribution in [0.1, 0.15) is 5.56 Å². The predicted octanol–water partition coefficient (Wildman–Crippen LogP) is 2.99. The smallest absolute Gasteiger partial charge is 0.293 e. The minimum atomic E-state index is -0.350. The first-order valence-electron chi connectivity index (χ1n) is 5.43. The minimum Gasteiger partial charge on any atom is -0.329 e. The van der Waals surface area contributed by atoms with Crippen molar-refractivity contribution >= 4 is 52.2 Å². The lowest BCUT2D eigenvalue weighted by molar-refractivity contribution is -0.122. The zero-order chi connectivity index (χ0) is 14.0. The Balaban J connectivity index is 2.32. The summed E-state index contributed by atoms with van der Waals surface area (Å²) in [6, 6.07) is 4.93. The summed E-state index contributed by atoms with van der Waals surface area (Å²) in [5.74, 6) is -0.350. The van der Waals surface area contributed by atoms with Crippen molar-refractivity contribution in [1.82, 2.24) is 4.90 Å². The zero-order valence-electron chi connectivity index (χ0n) is 9.73. The number of hydrogen-bond donors (Lipinski definition) is 1. The molecule has 2 amide bonds. The van der Waals surface area contributed by atoms with Crippen molar-refractivity contribution < 1.29 is 9.59 Å². The van der Waals surface area contributed by atoms with E-state index in [-0.39, 0.29) is 24.2 Å². The van der Waals surface area contributed by atoms with Crippen molar-refractivity contribution in [3.05, 3.63) is 38.7 Å². The molecule has 2 rings (SSSR count). The van der Waals surface area contributed by atoms with Crippen LogP contribution in [0, 0.1) is 0 Å². The Bertz CT molecular complexity index is 575. The highest BCUT2D eigenvalue weighted by Gasteiger charge is 2.34. The van der Waals surface area contributed by atoms with E-state index in [0.29, 0.717) is 20.5 Å². The molecule has 0 radical (unpaired) electrons. The standard InChI is InChI=1S/C12H10Cl2N2O2S/c13-8-1-2-9(14)7(5-8)6-10-11(17)16(4-3-15)12(18)19-10/h1-2,5-6H,3-4,15H2/b10-6-. The predicted molar refractivity (Wildman–Crippen MR) is 78.2 cm³/mol. The van der Waals surface area contributed by atoms with Crippen molar-refractivity contribution in [1.29, 1.82) is 0 Å². The number of halogens is 2. The van der Waals surface area contributed by atoms with Gasteiger partial charge in [-0.2, -0.15) is 0 Å². The molecule has 0 unspecified atom stereocenters. The first-order chi connectivity index (χ1) is 9.02. The number of carbonyl (C=O) groups excluding carboxylic acids is 2. The number of benzene rings is 1. The fourth-order valence-corrected chi connectivity index (χ4v) is 2.80. The molecule has 2 N–H and O–H groups in total. The molecule has 100 valence electrons. The van der Waals surface area contributed by atoms with Crippen LogP contribution in [0.3, 0.4) is 0 Å². The maximum Gasteiger partial charge on any atom is 0.293 e. The van der Waals surface area contributed by atoms with E-state index in [1.165, 1.54) is 0 Å². The number of imide groups is 1. The van der Waals surface area contributed by atoms with Crippen molar-refractivity contribution in [3.8, 4) is 0 Å². The van der Waals surface area contributed by atoms with Crippen LogP contribution in [0.5, 0.6) is 0 Å². The van der Waals surface area contributed by atoms with E-state index in [2.05, 4.69) is 0 Å². The van der Waals surface area contributed by atoms with Crippen molar-refractivity contribution in [2.24, 2.45) is 5.73 Å². The van der Waals surface area contributed by atoms with Crippen LogP contribution in [0.15, 0.2) is 23.1 Å². The topological polar surface area (TPSA) is 63.4 Å². The highest BCUT2D eigenvalue weighted by molar-refractivity contribution is 8.18. The third kappa shape index (κ3) is 3.12. The van der Waals surface area contributed by atoms with Crippen molar-refractivity contribution in [3.63, 3.8) is 0 Å². The molecule has 0 spiro atoms. The second kappa shape index (κ2) is 5.96. The van der Waals surface area contributed by atoms with Gasteiger partial charge in [0.25, 0.3) is 11.1 Å². The van der Waals surface area contributed by atoms with Crippen LogP contribution >= 0.6 is 35.0 Å². The third-order valence-electron chi connectivity index (χ3n) is 2.47. The SMILES string of the molecule is NCCN1C(=O)S/C(=C\c2cc(Cl)ccc2Cl)C1=O. The number of nitrogens with zero attached hydrogens (tertiary/aromatic N) is 1. The molecule has 1 aromatic rings. The number of nitrogens with two attached hydrogens (primary N) is 1. The Labute approximate surface area is 124 Å². The van der Waals surface area contributed by atoms with E-state index in [0.717, 1.165) is 16.7 Å². The second-order valence-electron chi connectivity index (χ2n) is 3.79. The summed E-state index contributed by atoms with van der Waals surface area (Å²) < 4.78 is 0. The zero-order valence-corrected chi connectivity index (χ0v) is 12.1. The Hall–Kier alpha value is -1.01. The average Bonchev–Trinajstić information content (AvgIpc) is 2.62. The molecule has 1 fully saturated rings. The summed E-state index contributed by atoms with van der Waals surface area (Å²) in [5.41, 5.74) is 5.97. The number of amides is 2. The van der Waals surface area contributed by atoms with Crippen LogP contribution < -0.4 is 5.73 Å². The van der Waals surface area contributed by atoms with E-state index >= 15 is 0 Å². The van der Waals surface area contributed by atoms with E-state index in [9.17, 15) is 9.59 Å². The van der Waals surface area contributed by atoms with Gasteiger partial charge in [0.15, 0.2) is 0 Å². The van der Waals surface area contributed by atoms with E-state index in [1.54, 1.807) is 24.3 Å². The summed E-state index contributed by atoms with van der Waals surface area (Å²) in [6.07, 6.45) is 1.57. The van der Waals surface area contributed by atoms with Crippen molar-refractivity contribution in [2.75, 3.05) is 13.1 Å². The molecule has 4 nitrogen and oxygen atoms in total. The van der Waals surface area contributed by atoms with Gasteiger partial charge in [-0.1, -0.05) is 23.2 Å². The largest absolute Gasteiger partial charge is 0.329 e. The molecule has 0 aromatic heterocycles. The molecule has 0 bridgehead atoms. The molecule has 1 aromatic carbocycles. The quantitative estimate of drug-likeness (QED) is 0.871. The molecule has 1 aliphatic heterocycles. The van der Waals surface area contributed by atoms with Gasteiger partial charge in [0, 0.05) is 23.1 Å². The average molecular weight is 317 g/mol. The lowest BCUT2D eigenvalue weighted by Gasteiger charge is -2.09. The number of hydrogen-bond acceptors (Lipinski definition) is 4.